The van der Waals surface area contributed by atoms with Gasteiger partial charge in [0, 0.05) is 12.1 Å². The number of benzene rings is 2. The number of carbonyl (C=O) groups excluding carboxylic acids is 1. The molecule has 0 spiro atoms. The summed E-state index contributed by atoms with van der Waals surface area (Å²) in [5.74, 6) is -0.0120. The first-order valence-corrected chi connectivity index (χ1v) is 8.54. The normalized spacial score (nSPS) is 12.8. The fourth-order valence-corrected chi connectivity index (χ4v) is 3.22. The summed E-state index contributed by atoms with van der Waals surface area (Å²) in [4.78, 5) is 11.4. The molecule has 0 unspecified atom stereocenters. The van der Waals surface area contributed by atoms with Crippen LogP contribution in [0.15, 0.2) is 59.5 Å². The number of Topliss-reactive ketones (excluding diaryl/α,β-unsaturated/α-hetero) is 1. The lowest BCUT2D eigenvalue weighted by molar-refractivity contribution is 0.101. The second-order valence-electron chi connectivity index (χ2n) is 5.24. The minimum atomic E-state index is -3.57. The Kier molecular flexibility index (Phi) is 5.11. The first kappa shape index (κ1) is 16.4. The average molecular weight is 317 g/mol. The van der Waals surface area contributed by atoms with E-state index in [0.717, 1.165) is 5.56 Å². The number of hydrogen-bond acceptors (Lipinski definition) is 3. The monoisotopic (exact) mass is 317 g/mol. The van der Waals surface area contributed by atoms with Crippen LogP contribution in [0.3, 0.4) is 0 Å². The summed E-state index contributed by atoms with van der Waals surface area (Å²) in [6.07, 6.45) is 0. The third-order valence-corrected chi connectivity index (χ3v) is 4.96. The average Bonchev–Trinajstić information content (AvgIpc) is 2.53. The molecule has 2 aromatic rings. The highest BCUT2D eigenvalue weighted by Crippen LogP contribution is 2.15. The van der Waals surface area contributed by atoms with Gasteiger partial charge in [-0.25, -0.2) is 13.1 Å². The van der Waals surface area contributed by atoms with Crippen molar-refractivity contribution in [2.75, 3.05) is 6.54 Å². The van der Waals surface area contributed by atoms with Crippen LogP contribution in [0.4, 0.5) is 0 Å². The second-order valence-corrected chi connectivity index (χ2v) is 7.01. The van der Waals surface area contributed by atoms with Crippen molar-refractivity contribution in [1.82, 2.24) is 4.72 Å². The molecule has 2 rings (SSSR count). The predicted molar refractivity (Wildman–Crippen MR) is 86.5 cm³/mol. The predicted octanol–water partition coefficient (Wildman–Crippen LogP) is 2.97. The van der Waals surface area contributed by atoms with E-state index in [-0.39, 0.29) is 16.6 Å². The molecular weight excluding hydrogens is 298 g/mol. The van der Waals surface area contributed by atoms with Gasteiger partial charge in [0.2, 0.25) is 10.0 Å². The molecule has 5 heteroatoms. The smallest absolute Gasteiger partial charge is 0.240 e. The number of nitrogens with one attached hydrogen (secondary N) is 1. The Labute approximate surface area is 131 Å². The summed E-state index contributed by atoms with van der Waals surface area (Å²) in [5.41, 5.74) is 1.58. The molecule has 0 aliphatic heterocycles. The molecule has 4 nitrogen and oxygen atoms in total. The molecule has 0 aromatic heterocycles. The van der Waals surface area contributed by atoms with Gasteiger partial charge in [-0.05, 0) is 30.5 Å². The van der Waals surface area contributed by atoms with Crippen molar-refractivity contribution < 1.29 is 13.2 Å². The van der Waals surface area contributed by atoms with E-state index in [2.05, 4.69) is 4.72 Å². The van der Waals surface area contributed by atoms with Crippen LogP contribution in [0, 0.1) is 0 Å². The number of ketones is 1. The number of hydrogen-bond donors (Lipinski definition) is 1. The van der Waals surface area contributed by atoms with Crippen LogP contribution in [0.5, 0.6) is 0 Å². The van der Waals surface area contributed by atoms with Crippen LogP contribution >= 0.6 is 0 Å². The highest BCUT2D eigenvalue weighted by molar-refractivity contribution is 7.89. The van der Waals surface area contributed by atoms with Crippen LogP contribution in [-0.2, 0) is 10.0 Å². The van der Waals surface area contributed by atoms with E-state index in [9.17, 15) is 13.2 Å². The molecule has 0 heterocycles. The Morgan fingerprint density at radius 2 is 1.64 bits per heavy atom. The van der Waals surface area contributed by atoms with Crippen LogP contribution < -0.4 is 4.72 Å². The molecule has 0 fully saturated rings. The lowest BCUT2D eigenvalue weighted by Crippen LogP contribution is -2.27. The highest BCUT2D eigenvalue weighted by Gasteiger charge is 2.16. The fraction of sp³-hybridized carbons (Fsp3) is 0.235. The minimum Gasteiger partial charge on any atom is -0.295 e. The van der Waals surface area contributed by atoms with Gasteiger partial charge in [0.05, 0.1) is 4.90 Å². The van der Waals surface area contributed by atoms with Crippen molar-refractivity contribution in [3.8, 4) is 0 Å². The van der Waals surface area contributed by atoms with E-state index in [0.29, 0.717) is 12.1 Å². The van der Waals surface area contributed by atoms with Gasteiger partial charge in [0.25, 0.3) is 0 Å². The summed E-state index contributed by atoms with van der Waals surface area (Å²) < 4.78 is 27.1. The van der Waals surface area contributed by atoms with Crippen molar-refractivity contribution >= 4 is 15.8 Å². The van der Waals surface area contributed by atoms with Crippen molar-refractivity contribution in [2.24, 2.45) is 0 Å². The molecule has 0 saturated carbocycles. The summed E-state index contributed by atoms with van der Waals surface area (Å²) >= 11 is 0. The Morgan fingerprint density at radius 1 is 1.05 bits per heavy atom. The maximum atomic E-state index is 12.3. The summed E-state index contributed by atoms with van der Waals surface area (Å²) in [5, 5.41) is 0. The van der Waals surface area contributed by atoms with Crippen molar-refractivity contribution in [2.45, 2.75) is 24.7 Å². The Balaban J connectivity index is 2.06. The summed E-state index contributed by atoms with van der Waals surface area (Å²) in [6, 6.07) is 15.7. The molecule has 116 valence electrons. The molecule has 22 heavy (non-hydrogen) atoms. The molecule has 0 bridgehead atoms. The van der Waals surface area contributed by atoms with Gasteiger partial charge < -0.3 is 0 Å². The van der Waals surface area contributed by atoms with E-state index in [1.165, 1.54) is 31.2 Å². The zero-order chi connectivity index (χ0) is 16.2. The van der Waals surface area contributed by atoms with E-state index in [1.54, 1.807) is 0 Å². The zero-order valence-corrected chi connectivity index (χ0v) is 13.4. The lowest BCUT2D eigenvalue weighted by atomic mass is 10.0. The topological polar surface area (TPSA) is 63.2 Å². The molecule has 0 aliphatic carbocycles. The summed E-state index contributed by atoms with van der Waals surface area (Å²) in [6.45, 7) is 3.74. The van der Waals surface area contributed by atoms with E-state index in [4.69, 9.17) is 0 Å². The molecule has 1 atom stereocenters. The lowest BCUT2D eigenvalue weighted by Gasteiger charge is -2.13. The van der Waals surface area contributed by atoms with E-state index >= 15 is 0 Å². The number of carbonyl (C=O) groups is 1. The van der Waals surface area contributed by atoms with E-state index < -0.39 is 10.0 Å². The quantitative estimate of drug-likeness (QED) is 0.833. The van der Waals surface area contributed by atoms with Gasteiger partial charge in [0.15, 0.2) is 5.78 Å². The Hall–Kier alpha value is -1.98. The molecule has 1 N–H and O–H groups in total. The summed E-state index contributed by atoms with van der Waals surface area (Å²) in [7, 11) is -3.57. The van der Waals surface area contributed by atoms with Crippen molar-refractivity contribution in [1.29, 1.82) is 0 Å². The van der Waals surface area contributed by atoms with Crippen LogP contribution in [0.25, 0.3) is 0 Å². The molecule has 0 saturated heterocycles. The molecular formula is C17H19NO3S. The number of sulfonamides is 1. The van der Waals surface area contributed by atoms with Crippen LogP contribution in [0.2, 0.25) is 0 Å². The van der Waals surface area contributed by atoms with Gasteiger partial charge in [-0.3, -0.25) is 4.79 Å². The fourth-order valence-electron chi connectivity index (χ4n) is 2.09. The third-order valence-electron chi connectivity index (χ3n) is 3.52. The first-order chi connectivity index (χ1) is 10.4. The van der Waals surface area contributed by atoms with Gasteiger partial charge >= 0.3 is 0 Å². The SMILES string of the molecule is CC(=O)c1ccc(S(=O)(=O)NC[C@H](C)c2ccccc2)cc1. The zero-order valence-electron chi connectivity index (χ0n) is 12.6. The van der Waals surface area contributed by atoms with Gasteiger partial charge in [-0.15, -0.1) is 0 Å². The van der Waals surface area contributed by atoms with Gasteiger partial charge in [0.1, 0.15) is 0 Å². The maximum absolute atomic E-state index is 12.3. The Bertz CT molecular complexity index is 737. The molecule has 2 aromatic carbocycles. The van der Waals surface area contributed by atoms with Crippen molar-refractivity contribution in [3.05, 3.63) is 65.7 Å². The third kappa shape index (κ3) is 4.02. The largest absolute Gasteiger partial charge is 0.295 e. The molecule has 0 radical (unpaired) electrons. The van der Waals surface area contributed by atoms with Crippen LogP contribution in [-0.4, -0.2) is 20.7 Å². The maximum Gasteiger partial charge on any atom is 0.240 e. The standard InChI is InChI=1S/C17H19NO3S/c1-13(15-6-4-3-5-7-15)12-18-22(20,21)17-10-8-16(9-11-17)14(2)19/h3-11,13,18H,12H2,1-2H3/t13-/m0/s1. The van der Waals surface area contributed by atoms with E-state index in [1.807, 2.05) is 37.3 Å². The van der Waals surface area contributed by atoms with Crippen molar-refractivity contribution in [3.63, 3.8) is 0 Å². The first-order valence-electron chi connectivity index (χ1n) is 7.06. The molecule has 0 amide bonds. The second kappa shape index (κ2) is 6.85. The van der Waals surface area contributed by atoms with Crippen LogP contribution in [0.1, 0.15) is 35.7 Å². The van der Waals surface area contributed by atoms with Gasteiger partial charge in [-0.1, -0.05) is 49.4 Å². The van der Waals surface area contributed by atoms with Gasteiger partial charge in [-0.2, -0.15) is 0 Å². The number of rotatable bonds is 6. The highest BCUT2D eigenvalue weighted by atomic mass is 32.2. The minimum absolute atomic E-state index is 0.0764. The molecule has 0 aliphatic rings. The Morgan fingerprint density at radius 3 is 2.18 bits per heavy atom.